The molecule has 0 aliphatic carbocycles. The van der Waals surface area contributed by atoms with Crippen LogP contribution in [0.1, 0.15) is 44.7 Å². The summed E-state index contributed by atoms with van der Waals surface area (Å²) in [6.07, 6.45) is -0.131. The number of alkyl carbamates (subject to hydrolysis) is 2. The molecule has 0 spiro atoms. The molecular weight excluding hydrogens is 474 g/mol. The number of ether oxygens (including phenoxy) is 3. The zero-order chi connectivity index (χ0) is 26.9. The quantitative estimate of drug-likeness (QED) is 0.287. The van der Waals surface area contributed by atoms with Crippen molar-refractivity contribution in [2.75, 3.05) is 32.7 Å². The van der Waals surface area contributed by atoms with Crippen molar-refractivity contribution < 1.29 is 28.6 Å². The van der Waals surface area contributed by atoms with E-state index in [0.717, 1.165) is 11.1 Å². The van der Waals surface area contributed by atoms with E-state index in [1.54, 1.807) is 20.8 Å². The summed E-state index contributed by atoms with van der Waals surface area (Å²) in [6, 6.07) is 19.0. The third-order valence-corrected chi connectivity index (χ3v) is 5.10. The van der Waals surface area contributed by atoms with Crippen LogP contribution in [0.25, 0.3) is 0 Å². The second-order valence-electron chi connectivity index (χ2n) is 9.51. The van der Waals surface area contributed by atoms with Gasteiger partial charge in [0, 0.05) is 32.6 Å². The molecule has 0 atom stereocenters. The SMILES string of the molecule is CC(C)(C)OC(=O)NCCN(CCCC(=O)OCc1ccccc1)CCNC(=O)OCc1ccccc1. The van der Waals surface area contributed by atoms with Crippen LogP contribution in [-0.2, 0) is 32.2 Å². The average Bonchev–Trinajstić information content (AvgIpc) is 2.86. The minimum Gasteiger partial charge on any atom is -0.461 e. The van der Waals surface area contributed by atoms with Gasteiger partial charge in [-0.15, -0.1) is 0 Å². The van der Waals surface area contributed by atoms with E-state index in [9.17, 15) is 14.4 Å². The number of rotatable bonds is 14. The van der Waals surface area contributed by atoms with E-state index < -0.39 is 17.8 Å². The number of carbonyl (C=O) groups excluding carboxylic acids is 3. The first-order valence-electron chi connectivity index (χ1n) is 12.5. The van der Waals surface area contributed by atoms with Crippen molar-refractivity contribution in [3.05, 3.63) is 71.8 Å². The number of esters is 1. The molecule has 2 amide bonds. The molecule has 2 rings (SSSR count). The van der Waals surface area contributed by atoms with Gasteiger partial charge in [-0.05, 0) is 44.9 Å². The van der Waals surface area contributed by atoms with Gasteiger partial charge in [0.1, 0.15) is 18.8 Å². The molecule has 2 aromatic carbocycles. The zero-order valence-corrected chi connectivity index (χ0v) is 22.0. The first kappa shape index (κ1) is 29.6. The van der Waals surface area contributed by atoms with E-state index in [0.29, 0.717) is 39.1 Å². The lowest BCUT2D eigenvalue weighted by molar-refractivity contribution is -0.145. The third-order valence-electron chi connectivity index (χ3n) is 5.10. The van der Waals surface area contributed by atoms with Crippen LogP contribution in [0.2, 0.25) is 0 Å². The van der Waals surface area contributed by atoms with E-state index in [2.05, 4.69) is 15.5 Å². The summed E-state index contributed by atoms with van der Waals surface area (Å²) in [6.45, 7) is 8.23. The number of amides is 2. The molecule has 0 heterocycles. The molecule has 0 saturated heterocycles. The van der Waals surface area contributed by atoms with Gasteiger partial charge in [0.05, 0.1) is 0 Å². The Hall–Kier alpha value is -3.59. The summed E-state index contributed by atoms with van der Waals surface area (Å²) >= 11 is 0. The Balaban J connectivity index is 1.73. The Morgan fingerprint density at radius 3 is 1.78 bits per heavy atom. The van der Waals surface area contributed by atoms with Crippen molar-refractivity contribution in [1.29, 1.82) is 0 Å². The summed E-state index contributed by atoms with van der Waals surface area (Å²) in [5.74, 6) is -0.265. The lowest BCUT2D eigenvalue weighted by atomic mass is 10.2. The fourth-order valence-electron chi connectivity index (χ4n) is 3.31. The van der Waals surface area contributed by atoms with Crippen molar-refractivity contribution >= 4 is 18.2 Å². The standard InChI is InChI=1S/C28H39N3O6/c1-28(2,3)37-27(34)30-17-20-31(18-10-15-25(32)35-21-23-11-6-4-7-12-23)19-16-29-26(33)36-22-24-13-8-5-9-14-24/h4-9,11-14H,10,15-22H2,1-3H3,(H,29,33)(H,30,34). The number of benzene rings is 2. The van der Waals surface area contributed by atoms with Crippen LogP contribution < -0.4 is 10.6 Å². The van der Waals surface area contributed by atoms with Gasteiger partial charge in [0.25, 0.3) is 0 Å². The van der Waals surface area contributed by atoms with Crippen LogP contribution in [-0.4, -0.2) is 61.4 Å². The van der Waals surface area contributed by atoms with Gasteiger partial charge < -0.3 is 24.8 Å². The number of nitrogens with zero attached hydrogens (tertiary/aromatic N) is 1. The third kappa shape index (κ3) is 14.5. The van der Waals surface area contributed by atoms with Crippen LogP contribution in [0, 0.1) is 0 Å². The van der Waals surface area contributed by atoms with Gasteiger partial charge in [0.15, 0.2) is 0 Å². The molecule has 0 aliphatic heterocycles. The minimum absolute atomic E-state index is 0.196. The fraction of sp³-hybridized carbons (Fsp3) is 0.464. The molecule has 0 radical (unpaired) electrons. The summed E-state index contributed by atoms with van der Waals surface area (Å²) < 4.78 is 15.9. The van der Waals surface area contributed by atoms with E-state index in [1.807, 2.05) is 60.7 Å². The second-order valence-corrected chi connectivity index (χ2v) is 9.51. The molecule has 37 heavy (non-hydrogen) atoms. The summed E-state index contributed by atoms with van der Waals surface area (Å²) in [4.78, 5) is 38.2. The maximum Gasteiger partial charge on any atom is 0.407 e. The highest BCUT2D eigenvalue weighted by Crippen LogP contribution is 2.07. The highest BCUT2D eigenvalue weighted by atomic mass is 16.6. The molecule has 9 nitrogen and oxygen atoms in total. The highest BCUT2D eigenvalue weighted by molar-refractivity contribution is 5.69. The predicted molar refractivity (Wildman–Crippen MR) is 141 cm³/mol. The van der Waals surface area contributed by atoms with Crippen molar-refractivity contribution in [3.63, 3.8) is 0 Å². The predicted octanol–water partition coefficient (Wildman–Crippen LogP) is 4.26. The van der Waals surface area contributed by atoms with Gasteiger partial charge in [-0.1, -0.05) is 60.7 Å². The first-order valence-corrected chi connectivity index (χ1v) is 12.5. The van der Waals surface area contributed by atoms with Crippen LogP contribution in [0.4, 0.5) is 9.59 Å². The van der Waals surface area contributed by atoms with Gasteiger partial charge in [-0.2, -0.15) is 0 Å². The van der Waals surface area contributed by atoms with Gasteiger partial charge in [-0.25, -0.2) is 9.59 Å². The summed E-state index contributed by atoms with van der Waals surface area (Å²) in [7, 11) is 0. The number of hydrogen-bond acceptors (Lipinski definition) is 7. The van der Waals surface area contributed by atoms with E-state index in [-0.39, 0.29) is 25.6 Å². The smallest absolute Gasteiger partial charge is 0.407 e. The molecule has 0 saturated carbocycles. The van der Waals surface area contributed by atoms with Crippen molar-refractivity contribution in [1.82, 2.24) is 15.5 Å². The largest absolute Gasteiger partial charge is 0.461 e. The zero-order valence-electron chi connectivity index (χ0n) is 22.0. The Morgan fingerprint density at radius 2 is 1.24 bits per heavy atom. The maximum absolute atomic E-state index is 12.1. The fourth-order valence-corrected chi connectivity index (χ4v) is 3.31. The van der Waals surface area contributed by atoms with Crippen molar-refractivity contribution in [2.45, 2.75) is 52.4 Å². The molecule has 2 aromatic rings. The van der Waals surface area contributed by atoms with Crippen LogP contribution in [0.3, 0.4) is 0 Å². The molecular formula is C28H39N3O6. The lowest BCUT2D eigenvalue weighted by Crippen LogP contribution is -2.41. The van der Waals surface area contributed by atoms with Gasteiger partial charge in [0.2, 0.25) is 0 Å². The molecule has 0 bridgehead atoms. The summed E-state index contributed by atoms with van der Waals surface area (Å²) in [5.41, 5.74) is 1.27. The molecule has 9 heteroatoms. The number of carbonyl (C=O) groups is 3. The minimum atomic E-state index is -0.575. The lowest BCUT2D eigenvalue weighted by Gasteiger charge is -2.23. The number of nitrogens with one attached hydrogen (secondary N) is 2. The van der Waals surface area contributed by atoms with E-state index in [4.69, 9.17) is 14.2 Å². The Labute approximate surface area is 219 Å². The maximum atomic E-state index is 12.1. The van der Waals surface area contributed by atoms with Gasteiger partial charge in [-0.3, -0.25) is 9.69 Å². The monoisotopic (exact) mass is 513 g/mol. The highest BCUT2D eigenvalue weighted by Gasteiger charge is 2.16. The van der Waals surface area contributed by atoms with Gasteiger partial charge >= 0.3 is 18.2 Å². The van der Waals surface area contributed by atoms with E-state index >= 15 is 0 Å². The molecule has 2 N–H and O–H groups in total. The second kappa shape index (κ2) is 16.2. The molecule has 0 aromatic heterocycles. The molecule has 0 aliphatic rings. The van der Waals surface area contributed by atoms with Crippen molar-refractivity contribution in [3.8, 4) is 0 Å². The normalized spacial score (nSPS) is 11.0. The first-order chi connectivity index (χ1) is 17.7. The topological polar surface area (TPSA) is 106 Å². The van der Waals surface area contributed by atoms with E-state index in [1.165, 1.54) is 0 Å². The average molecular weight is 514 g/mol. The molecule has 0 fully saturated rings. The molecule has 0 unspecified atom stereocenters. The van der Waals surface area contributed by atoms with Crippen LogP contribution in [0.5, 0.6) is 0 Å². The Morgan fingerprint density at radius 1 is 0.730 bits per heavy atom. The van der Waals surface area contributed by atoms with Crippen LogP contribution in [0.15, 0.2) is 60.7 Å². The molecule has 202 valence electrons. The number of hydrogen-bond donors (Lipinski definition) is 2. The Kier molecular flexibility index (Phi) is 13.0. The van der Waals surface area contributed by atoms with Crippen LogP contribution >= 0.6 is 0 Å². The van der Waals surface area contributed by atoms with Crippen molar-refractivity contribution in [2.24, 2.45) is 0 Å². The Bertz CT molecular complexity index is 886. The summed E-state index contributed by atoms with van der Waals surface area (Å²) in [5, 5.41) is 5.48.